The first-order valence-corrected chi connectivity index (χ1v) is 9.68. The molecule has 0 radical (unpaired) electrons. The van der Waals surface area contributed by atoms with E-state index in [0.29, 0.717) is 27.4 Å². The van der Waals surface area contributed by atoms with Crippen LogP contribution in [0.4, 0.5) is 0 Å². The maximum atomic E-state index is 12.7. The molecule has 3 rings (SSSR count). The van der Waals surface area contributed by atoms with Gasteiger partial charge in [0.15, 0.2) is 6.61 Å². The Morgan fingerprint density at radius 1 is 1.12 bits per heavy atom. The molecular weight excluding hydrogens is 385 g/mol. The fourth-order valence-corrected chi connectivity index (χ4v) is 3.94. The number of likely N-dealkylation sites (tertiary alicyclic amines) is 1. The minimum atomic E-state index is -0.0613. The molecule has 1 atom stereocenters. The van der Waals surface area contributed by atoms with Crippen LogP contribution in [0.15, 0.2) is 12.1 Å². The highest BCUT2D eigenvalue weighted by molar-refractivity contribution is 6.43. The largest absolute Gasteiger partial charge is 0.482 e. The number of piperazine rings is 1. The smallest absolute Gasteiger partial charge is 0.260 e. The second-order valence-corrected chi connectivity index (χ2v) is 7.66. The SMILES string of the molecule is O=C(COc1cc(Cl)c(Cl)cc1Cl)N1CCNC[C@@H]1CN1CCCC1. The fourth-order valence-electron chi connectivity index (χ4n) is 3.35. The van der Waals surface area contributed by atoms with Gasteiger partial charge in [-0.15, -0.1) is 0 Å². The first kappa shape index (κ1) is 19.1. The van der Waals surface area contributed by atoms with Crippen molar-refractivity contribution >= 4 is 40.7 Å². The van der Waals surface area contributed by atoms with Gasteiger partial charge in [0.05, 0.1) is 21.1 Å². The van der Waals surface area contributed by atoms with Gasteiger partial charge in [0.1, 0.15) is 5.75 Å². The number of hydrogen-bond acceptors (Lipinski definition) is 4. The zero-order chi connectivity index (χ0) is 17.8. The first-order chi connectivity index (χ1) is 12.0. The summed E-state index contributed by atoms with van der Waals surface area (Å²) in [6.45, 7) is 5.39. The Morgan fingerprint density at radius 3 is 2.60 bits per heavy atom. The third kappa shape index (κ3) is 4.92. The molecule has 1 aromatic rings. The lowest BCUT2D eigenvalue weighted by molar-refractivity contribution is -0.137. The summed E-state index contributed by atoms with van der Waals surface area (Å²) in [4.78, 5) is 17.0. The van der Waals surface area contributed by atoms with Gasteiger partial charge in [-0.2, -0.15) is 0 Å². The monoisotopic (exact) mass is 405 g/mol. The van der Waals surface area contributed by atoms with E-state index in [9.17, 15) is 4.79 Å². The zero-order valence-corrected chi connectivity index (χ0v) is 16.2. The van der Waals surface area contributed by atoms with Crippen LogP contribution in [0.5, 0.6) is 5.75 Å². The van der Waals surface area contributed by atoms with Gasteiger partial charge in [-0.05, 0) is 32.0 Å². The van der Waals surface area contributed by atoms with Crippen LogP contribution in [0, 0.1) is 0 Å². The van der Waals surface area contributed by atoms with E-state index >= 15 is 0 Å². The average Bonchev–Trinajstić information content (AvgIpc) is 3.10. The average molecular weight is 407 g/mol. The van der Waals surface area contributed by atoms with Crippen LogP contribution >= 0.6 is 34.8 Å². The van der Waals surface area contributed by atoms with Gasteiger partial charge in [0.25, 0.3) is 5.91 Å². The number of amides is 1. The molecule has 0 bridgehead atoms. The highest BCUT2D eigenvalue weighted by Crippen LogP contribution is 2.33. The molecule has 0 aromatic heterocycles. The summed E-state index contributed by atoms with van der Waals surface area (Å²) in [5.41, 5.74) is 0. The molecular formula is C17H22Cl3N3O2. The van der Waals surface area contributed by atoms with Crippen molar-refractivity contribution in [1.29, 1.82) is 0 Å². The van der Waals surface area contributed by atoms with Gasteiger partial charge >= 0.3 is 0 Å². The van der Waals surface area contributed by atoms with E-state index in [1.54, 1.807) is 6.07 Å². The van der Waals surface area contributed by atoms with Crippen molar-refractivity contribution in [1.82, 2.24) is 15.1 Å². The standard InChI is InChI=1S/C17H22Cl3N3O2/c18-13-7-15(20)16(8-14(13)19)25-11-17(24)23-6-3-21-9-12(23)10-22-4-1-2-5-22/h7-8,12,21H,1-6,9-11H2/t12-/m1/s1. The molecule has 0 aliphatic carbocycles. The molecule has 2 aliphatic rings. The van der Waals surface area contributed by atoms with Gasteiger partial charge in [0.2, 0.25) is 0 Å². The Balaban J connectivity index is 1.59. The number of nitrogens with one attached hydrogen (secondary N) is 1. The van der Waals surface area contributed by atoms with Crippen molar-refractivity contribution in [2.75, 3.05) is 45.9 Å². The molecule has 2 fully saturated rings. The lowest BCUT2D eigenvalue weighted by Crippen LogP contribution is -2.58. The van der Waals surface area contributed by atoms with Crippen LogP contribution in [0.25, 0.3) is 0 Å². The molecule has 138 valence electrons. The van der Waals surface area contributed by atoms with Crippen LogP contribution in [0.3, 0.4) is 0 Å². The van der Waals surface area contributed by atoms with Crippen LogP contribution in [0.1, 0.15) is 12.8 Å². The lowest BCUT2D eigenvalue weighted by Gasteiger charge is -2.38. The van der Waals surface area contributed by atoms with Gasteiger partial charge in [-0.3, -0.25) is 4.79 Å². The molecule has 2 saturated heterocycles. The second-order valence-electron chi connectivity index (χ2n) is 6.44. The Labute approximate surface area is 163 Å². The molecule has 0 saturated carbocycles. The summed E-state index contributed by atoms with van der Waals surface area (Å²) >= 11 is 18.0. The van der Waals surface area contributed by atoms with E-state index < -0.39 is 0 Å². The second kappa shape index (κ2) is 8.78. The van der Waals surface area contributed by atoms with Crippen molar-refractivity contribution in [3.05, 3.63) is 27.2 Å². The van der Waals surface area contributed by atoms with Gasteiger partial charge < -0.3 is 19.9 Å². The normalized spacial score (nSPS) is 21.6. The van der Waals surface area contributed by atoms with Crippen molar-refractivity contribution in [2.45, 2.75) is 18.9 Å². The minimum Gasteiger partial charge on any atom is -0.482 e. The van der Waals surface area contributed by atoms with Crippen LogP contribution in [-0.4, -0.2) is 67.6 Å². The summed E-state index contributed by atoms with van der Waals surface area (Å²) < 4.78 is 5.61. The highest BCUT2D eigenvalue weighted by atomic mass is 35.5. The maximum Gasteiger partial charge on any atom is 0.260 e. The van der Waals surface area contributed by atoms with Crippen LogP contribution in [-0.2, 0) is 4.79 Å². The lowest BCUT2D eigenvalue weighted by atomic mass is 10.1. The molecule has 1 amide bonds. The topological polar surface area (TPSA) is 44.8 Å². The predicted molar refractivity (Wildman–Crippen MR) is 101 cm³/mol. The molecule has 8 heteroatoms. The molecule has 2 aliphatic heterocycles. The summed E-state index contributed by atoms with van der Waals surface area (Å²) in [7, 11) is 0. The summed E-state index contributed by atoms with van der Waals surface area (Å²) in [5.74, 6) is 0.337. The Morgan fingerprint density at radius 2 is 1.84 bits per heavy atom. The Kier molecular flexibility index (Phi) is 6.69. The third-order valence-corrected chi connectivity index (χ3v) is 5.68. The molecule has 1 aromatic carbocycles. The Bertz CT molecular complexity index is 623. The number of ether oxygens (including phenoxy) is 1. The van der Waals surface area contributed by atoms with E-state index in [2.05, 4.69) is 10.2 Å². The molecule has 5 nitrogen and oxygen atoms in total. The van der Waals surface area contributed by atoms with Gasteiger partial charge in [-0.1, -0.05) is 34.8 Å². The zero-order valence-electron chi connectivity index (χ0n) is 13.9. The highest BCUT2D eigenvalue weighted by Gasteiger charge is 2.29. The maximum absolute atomic E-state index is 12.7. The number of hydrogen-bond donors (Lipinski definition) is 1. The Hall–Kier alpha value is -0.720. The number of carbonyl (C=O) groups excluding carboxylic acids is 1. The van der Waals surface area contributed by atoms with E-state index in [4.69, 9.17) is 39.5 Å². The van der Waals surface area contributed by atoms with Gasteiger partial charge in [0, 0.05) is 32.2 Å². The van der Waals surface area contributed by atoms with Gasteiger partial charge in [-0.25, -0.2) is 0 Å². The van der Waals surface area contributed by atoms with Crippen LogP contribution in [0.2, 0.25) is 15.1 Å². The number of nitrogens with zero attached hydrogens (tertiary/aromatic N) is 2. The summed E-state index contributed by atoms with van der Waals surface area (Å²) in [6.07, 6.45) is 2.49. The van der Waals surface area contributed by atoms with E-state index in [-0.39, 0.29) is 18.6 Å². The van der Waals surface area contributed by atoms with Crippen LogP contribution < -0.4 is 10.1 Å². The summed E-state index contributed by atoms with van der Waals surface area (Å²) in [6, 6.07) is 3.23. The van der Waals surface area contributed by atoms with Crippen molar-refractivity contribution in [3.63, 3.8) is 0 Å². The van der Waals surface area contributed by atoms with Crippen molar-refractivity contribution in [3.8, 4) is 5.75 Å². The van der Waals surface area contributed by atoms with Crippen molar-refractivity contribution < 1.29 is 9.53 Å². The van der Waals surface area contributed by atoms with E-state index in [1.807, 2.05) is 4.90 Å². The predicted octanol–water partition coefficient (Wildman–Crippen LogP) is 2.92. The summed E-state index contributed by atoms with van der Waals surface area (Å²) in [5, 5.41) is 4.43. The number of rotatable bonds is 5. The molecule has 2 heterocycles. The number of benzene rings is 1. The van der Waals surface area contributed by atoms with Crippen molar-refractivity contribution in [2.24, 2.45) is 0 Å². The molecule has 0 unspecified atom stereocenters. The molecule has 25 heavy (non-hydrogen) atoms. The number of carbonyl (C=O) groups is 1. The van der Waals surface area contributed by atoms with E-state index in [0.717, 1.165) is 32.7 Å². The minimum absolute atomic E-state index is 0.0344. The quantitative estimate of drug-likeness (QED) is 0.764. The fraction of sp³-hybridized carbons (Fsp3) is 0.588. The number of halogens is 3. The first-order valence-electron chi connectivity index (χ1n) is 8.54. The molecule has 1 N–H and O–H groups in total. The molecule has 0 spiro atoms. The van der Waals surface area contributed by atoms with E-state index in [1.165, 1.54) is 18.9 Å². The third-order valence-electron chi connectivity index (χ3n) is 4.66.